The first-order valence-electron chi connectivity index (χ1n) is 11.5. The fourth-order valence-corrected chi connectivity index (χ4v) is 5.48. The van der Waals surface area contributed by atoms with Crippen molar-refractivity contribution in [3.63, 3.8) is 0 Å². The van der Waals surface area contributed by atoms with Crippen molar-refractivity contribution in [2.45, 2.75) is 77.0 Å². The van der Waals surface area contributed by atoms with Crippen molar-refractivity contribution in [2.75, 3.05) is 19.6 Å². The fourth-order valence-electron chi connectivity index (χ4n) is 5.48. The van der Waals surface area contributed by atoms with E-state index < -0.39 is 0 Å². The number of rotatable bonds is 8. The molecule has 0 aromatic heterocycles. The summed E-state index contributed by atoms with van der Waals surface area (Å²) in [5, 5.41) is 13.9. The van der Waals surface area contributed by atoms with Crippen LogP contribution in [-0.2, 0) is 0 Å². The zero-order valence-electron chi connectivity index (χ0n) is 17.7. The molecule has 1 aromatic rings. The van der Waals surface area contributed by atoms with Crippen molar-refractivity contribution in [3.05, 3.63) is 41.5 Å². The molecule has 2 N–H and O–H groups in total. The first kappa shape index (κ1) is 20.1. The summed E-state index contributed by atoms with van der Waals surface area (Å²) in [7, 11) is 0. The van der Waals surface area contributed by atoms with E-state index in [1.165, 1.54) is 50.8 Å². The van der Waals surface area contributed by atoms with Crippen LogP contribution in [0.2, 0.25) is 0 Å². The van der Waals surface area contributed by atoms with Gasteiger partial charge in [-0.2, -0.15) is 0 Å². The number of aliphatic hydroxyl groups is 1. The Labute approximate surface area is 171 Å². The zero-order valence-corrected chi connectivity index (χ0v) is 17.7. The fraction of sp³-hybridized carbons (Fsp3) is 0.680. The number of benzene rings is 1. The maximum Gasteiger partial charge on any atom is 0.0664 e. The van der Waals surface area contributed by atoms with Gasteiger partial charge in [-0.1, -0.05) is 55.8 Å². The van der Waals surface area contributed by atoms with Gasteiger partial charge in [-0.3, -0.25) is 0 Å². The van der Waals surface area contributed by atoms with E-state index in [1.807, 2.05) is 0 Å². The molecule has 0 radical (unpaired) electrons. The summed E-state index contributed by atoms with van der Waals surface area (Å²) >= 11 is 0. The normalized spacial score (nSPS) is 28.9. The number of nitrogens with one attached hydrogen (secondary N) is 1. The summed E-state index contributed by atoms with van der Waals surface area (Å²) < 4.78 is 0. The number of hydrogen-bond donors (Lipinski definition) is 2. The lowest BCUT2D eigenvalue weighted by molar-refractivity contribution is -0.00772. The standard InChI is InChI=1S/C25H38N2O/c1-3-20(14-19-8-6-5-7-9-19)23-15-24(23)26-21-16-25(17-21)10-12-27(13-11-25)18-22(28)4-2/h5-9,14,21-24,26,28H,3-4,10-13,15-18H2,1-2H3/b20-14+/t22-,23-,24+/m0/s1. The van der Waals surface area contributed by atoms with Crippen LogP contribution in [0.25, 0.3) is 6.08 Å². The summed E-state index contributed by atoms with van der Waals surface area (Å²) in [6, 6.07) is 12.2. The first-order valence-corrected chi connectivity index (χ1v) is 11.5. The minimum atomic E-state index is -0.145. The number of piperidine rings is 1. The van der Waals surface area contributed by atoms with E-state index in [2.05, 4.69) is 60.5 Å². The van der Waals surface area contributed by atoms with E-state index in [1.54, 1.807) is 5.57 Å². The maximum atomic E-state index is 9.89. The van der Waals surface area contributed by atoms with Crippen molar-refractivity contribution >= 4 is 6.08 Å². The van der Waals surface area contributed by atoms with Gasteiger partial charge in [0.15, 0.2) is 0 Å². The van der Waals surface area contributed by atoms with E-state index in [0.717, 1.165) is 31.3 Å². The lowest BCUT2D eigenvalue weighted by Gasteiger charge is -2.53. The molecule has 0 bridgehead atoms. The van der Waals surface area contributed by atoms with Crippen LogP contribution in [0.5, 0.6) is 0 Å². The first-order chi connectivity index (χ1) is 13.6. The van der Waals surface area contributed by atoms with Gasteiger partial charge in [0.1, 0.15) is 0 Å². The van der Waals surface area contributed by atoms with Crippen molar-refractivity contribution in [2.24, 2.45) is 11.3 Å². The Balaban J connectivity index is 1.21. The van der Waals surface area contributed by atoms with Crippen molar-refractivity contribution < 1.29 is 5.11 Å². The molecule has 1 aliphatic heterocycles. The van der Waals surface area contributed by atoms with Crippen molar-refractivity contribution in [1.29, 1.82) is 0 Å². The second-order valence-corrected chi connectivity index (χ2v) is 9.57. The third-order valence-electron chi connectivity index (χ3n) is 7.49. The van der Waals surface area contributed by atoms with Gasteiger partial charge in [0, 0.05) is 18.6 Å². The van der Waals surface area contributed by atoms with E-state index in [4.69, 9.17) is 0 Å². The molecule has 1 spiro atoms. The van der Waals surface area contributed by atoms with Gasteiger partial charge in [-0.05, 0) is 74.9 Å². The van der Waals surface area contributed by atoms with Gasteiger partial charge in [0.2, 0.25) is 0 Å². The topological polar surface area (TPSA) is 35.5 Å². The number of hydrogen-bond acceptors (Lipinski definition) is 3. The smallest absolute Gasteiger partial charge is 0.0664 e. The monoisotopic (exact) mass is 382 g/mol. The Hall–Kier alpha value is -1.16. The van der Waals surface area contributed by atoms with Gasteiger partial charge < -0.3 is 15.3 Å². The predicted octanol–water partition coefficient (Wildman–Crippen LogP) is 4.47. The highest BCUT2D eigenvalue weighted by Crippen LogP contribution is 2.51. The van der Waals surface area contributed by atoms with E-state index in [0.29, 0.717) is 11.5 Å². The minimum Gasteiger partial charge on any atom is -0.392 e. The van der Waals surface area contributed by atoms with E-state index in [-0.39, 0.29) is 6.10 Å². The van der Waals surface area contributed by atoms with Crippen LogP contribution in [-0.4, -0.2) is 47.8 Å². The Bertz CT molecular complexity index is 654. The molecule has 1 heterocycles. The Kier molecular flexibility index (Phi) is 6.24. The van der Waals surface area contributed by atoms with Crippen molar-refractivity contribution in [1.82, 2.24) is 10.2 Å². The largest absolute Gasteiger partial charge is 0.392 e. The Morgan fingerprint density at radius 1 is 1.21 bits per heavy atom. The molecule has 1 saturated heterocycles. The lowest BCUT2D eigenvalue weighted by atomic mass is 9.60. The van der Waals surface area contributed by atoms with Gasteiger partial charge in [-0.25, -0.2) is 0 Å². The maximum absolute atomic E-state index is 9.89. The quantitative estimate of drug-likeness (QED) is 0.696. The van der Waals surface area contributed by atoms with Gasteiger partial charge >= 0.3 is 0 Å². The molecule has 0 unspecified atom stereocenters. The average molecular weight is 383 g/mol. The van der Waals surface area contributed by atoms with Gasteiger partial charge in [0.05, 0.1) is 6.10 Å². The summed E-state index contributed by atoms with van der Waals surface area (Å²) in [4.78, 5) is 2.47. The molecule has 3 heteroatoms. The highest BCUT2D eigenvalue weighted by Gasteiger charge is 2.49. The number of β-amino-alcohol motifs (C(OH)–C–C–N with tert-alkyl or cyclic N) is 1. The Morgan fingerprint density at radius 2 is 1.93 bits per heavy atom. The summed E-state index contributed by atoms with van der Waals surface area (Å²) in [5.74, 6) is 0.749. The molecule has 3 aliphatic rings. The second kappa shape index (κ2) is 8.69. The SMILES string of the molecule is CC/C(=C\c1ccccc1)[C@@H]1C[C@H]1NC1CC2(CCN(C[C@@H](O)CC)CC2)C1. The minimum absolute atomic E-state index is 0.145. The third-order valence-corrected chi connectivity index (χ3v) is 7.49. The number of aliphatic hydroxyl groups excluding tert-OH is 1. The van der Waals surface area contributed by atoms with Crippen LogP contribution in [0.3, 0.4) is 0 Å². The summed E-state index contributed by atoms with van der Waals surface area (Å²) in [6.07, 6.45) is 11.0. The number of likely N-dealkylation sites (tertiary alicyclic amines) is 1. The molecule has 2 aliphatic carbocycles. The molecule has 0 amide bonds. The summed E-state index contributed by atoms with van der Waals surface area (Å²) in [5.41, 5.74) is 3.55. The molecule has 28 heavy (non-hydrogen) atoms. The van der Waals surface area contributed by atoms with Crippen LogP contribution < -0.4 is 5.32 Å². The molecular weight excluding hydrogens is 344 g/mol. The average Bonchev–Trinajstić information content (AvgIpc) is 3.46. The second-order valence-electron chi connectivity index (χ2n) is 9.57. The van der Waals surface area contributed by atoms with E-state index in [9.17, 15) is 5.11 Å². The lowest BCUT2D eigenvalue weighted by Crippen LogP contribution is -2.54. The molecule has 3 fully saturated rings. The highest BCUT2D eigenvalue weighted by atomic mass is 16.3. The molecule has 4 rings (SSSR count). The van der Waals surface area contributed by atoms with Crippen LogP contribution in [0.4, 0.5) is 0 Å². The molecule has 1 aromatic carbocycles. The Morgan fingerprint density at radius 3 is 2.57 bits per heavy atom. The summed E-state index contributed by atoms with van der Waals surface area (Å²) in [6.45, 7) is 7.59. The molecule has 154 valence electrons. The van der Waals surface area contributed by atoms with Crippen LogP contribution in [0.15, 0.2) is 35.9 Å². The van der Waals surface area contributed by atoms with Crippen LogP contribution in [0.1, 0.15) is 64.4 Å². The van der Waals surface area contributed by atoms with Crippen LogP contribution >= 0.6 is 0 Å². The highest BCUT2D eigenvalue weighted by molar-refractivity contribution is 5.54. The number of nitrogens with zero attached hydrogens (tertiary/aromatic N) is 1. The van der Waals surface area contributed by atoms with E-state index >= 15 is 0 Å². The molecule has 3 atom stereocenters. The third kappa shape index (κ3) is 4.69. The van der Waals surface area contributed by atoms with Gasteiger partial charge in [-0.15, -0.1) is 0 Å². The molecular formula is C25H38N2O. The van der Waals surface area contributed by atoms with Crippen molar-refractivity contribution in [3.8, 4) is 0 Å². The van der Waals surface area contributed by atoms with Gasteiger partial charge in [0.25, 0.3) is 0 Å². The van der Waals surface area contributed by atoms with Crippen LogP contribution in [0, 0.1) is 11.3 Å². The zero-order chi connectivity index (χ0) is 19.6. The molecule has 3 nitrogen and oxygen atoms in total. The predicted molar refractivity (Wildman–Crippen MR) is 117 cm³/mol. The molecule has 2 saturated carbocycles.